The molecule has 0 saturated carbocycles. The van der Waals surface area contributed by atoms with Gasteiger partial charge in [0, 0.05) is 31.2 Å². The molecule has 2 aromatic heterocycles. The molecule has 124 valence electrons. The largest absolute Gasteiger partial charge is 0.490 e. The maximum absolute atomic E-state index is 11.7. The Morgan fingerprint density at radius 2 is 2.08 bits per heavy atom. The number of nitrogens with one attached hydrogen (secondary N) is 1. The minimum atomic E-state index is -0.0548. The number of hydrogen-bond donors (Lipinski definition) is 1. The molecular formula is C19H20N2O2S. The molecule has 0 aliphatic carbocycles. The lowest BCUT2D eigenvalue weighted by molar-refractivity contribution is 0.0970. The van der Waals surface area contributed by atoms with Gasteiger partial charge in [-0.2, -0.15) is 11.3 Å². The number of fused-ring (bicyclic) bond motifs is 1. The van der Waals surface area contributed by atoms with Crippen molar-refractivity contribution in [1.82, 2.24) is 9.88 Å². The number of thiophene rings is 1. The molecule has 0 spiro atoms. The van der Waals surface area contributed by atoms with Crippen LogP contribution in [-0.4, -0.2) is 29.1 Å². The first-order valence-electron chi connectivity index (χ1n) is 8.29. The fraction of sp³-hybridized carbons (Fsp3) is 0.316. The Morgan fingerprint density at radius 3 is 2.88 bits per heavy atom. The van der Waals surface area contributed by atoms with Gasteiger partial charge in [0.25, 0.3) is 5.56 Å². The Morgan fingerprint density at radius 1 is 1.21 bits per heavy atom. The molecule has 4 nitrogen and oxygen atoms in total. The van der Waals surface area contributed by atoms with E-state index in [-0.39, 0.29) is 11.7 Å². The van der Waals surface area contributed by atoms with Crippen molar-refractivity contribution in [2.24, 2.45) is 0 Å². The zero-order valence-corrected chi connectivity index (χ0v) is 14.2. The number of piperidine rings is 1. The van der Waals surface area contributed by atoms with Crippen LogP contribution >= 0.6 is 11.3 Å². The highest BCUT2D eigenvalue weighted by atomic mass is 32.1. The average molecular weight is 340 g/mol. The van der Waals surface area contributed by atoms with Crippen molar-refractivity contribution in [2.75, 3.05) is 13.1 Å². The Kier molecular flexibility index (Phi) is 4.36. The summed E-state index contributed by atoms with van der Waals surface area (Å²) in [7, 11) is 0. The molecule has 0 amide bonds. The number of pyridine rings is 1. The molecule has 1 N–H and O–H groups in total. The highest BCUT2D eigenvalue weighted by Crippen LogP contribution is 2.23. The number of rotatable bonds is 4. The quantitative estimate of drug-likeness (QED) is 0.789. The van der Waals surface area contributed by atoms with E-state index in [4.69, 9.17) is 4.74 Å². The van der Waals surface area contributed by atoms with Crippen molar-refractivity contribution in [3.63, 3.8) is 0 Å². The van der Waals surface area contributed by atoms with E-state index in [2.05, 4.69) is 26.7 Å². The van der Waals surface area contributed by atoms with E-state index in [9.17, 15) is 4.79 Å². The van der Waals surface area contributed by atoms with Gasteiger partial charge >= 0.3 is 0 Å². The van der Waals surface area contributed by atoms with Gasteiger partial charge in [-0.05, 0) is 64.9 Å². The summed E-state index contributed by atoms with van der Waals surface area (Å²) in [4.78, 5) is 16.9. The molecule has 4 rings (SSSR count). The van der Waals surface area contributed by atoms with Crippen molar-refractivity contribution < 1.29 is 4.74 Å². The van der Waals surface area contributed by atoms with Gasteiger partial charge in [0.15, 0.2) is 0 Å². The Bertz CT molecular complexity index is 864. The van der Waals surface area contributed by atoms with Crippen molar-refractivity contribution in [3.8, 4) is 5.75 Å². The monoisotopic (exact) mass is 340 g/mol. The first kappa shape index (κ1) is 15.4. The summed E-state index contributed by atoms with van der Waals surface area (Å²) >= 11 is 1.76. The van der Waals surface area contributed by atoms with Crippen molar-refractivity contribution >= 4 is 22.1 Å². The van der Waals surface area contributed by atoms with Gasteiger partial charge in [-0.3, -0.25) is 9.69 Å². The second-order valence-corrected chi connectivity index (χ2v) is 7.06. The third kappa shape index (κ3) is 3.37. The first-order valence-corrected chi connectivity index (χ1v) is 9.24. The predicted octanol–water partition coefficient (Wildman–Crippen LogP) is 3.63. The fourth-order valence-corrected chi connectivity index (χ4v) is 3.92. The van der Waals surface area contributed by atoms with Gasteiger partial charge in [-0.1, -0.05) is 0 Å². The summed E-state index contributed by atoms with van der Waals surface area (Å²) < 4.78 is 6.15. The number of aromatic amines is 1. The Labute approximate surface area is 144 Å². The van der Waals surface area contributed by atoms with E-state index in [0.29, 0.717) is 5.39 Å². The molecule has 0 bridgehead atoms. The minimum Gasteiger partial charge on any atom is -0.490 e. The summed E-state index contributed by atoms with van der Waals surface area (Å²) in [6.45, 7) is 3.16. The van der Waals surface area contributed by atoms with Gasteiger partial charge in [0.2, 0.25) is 0 Å². The second kappa shape index (κ2) is 6.79. The smallest absolute Gasteiger partial charge is 0.255 e. The summed E-state index contributed by atoms with van der Waals surface area (Å²) in [6, 6.07) is 9.81. The molecule has 0 radical (unpaired) electrons. The number of ether oxygens (including phenoxy) is 1. The van der Waals surface area contributed by atoms with Crippen LogP contribution < -0.4 is 10.3 Å². The molecule has 24 heavy (non-hydrogen) atoms. The van der Waals surface area contributed by atoms with E-state index in [1.54, 1.807) is 17.5 Å². The van der Waals surface area contributed by atoms with Crippen LogP contribution in [0.25, 0.3) is 10.8 Å². The molecule has 0 unspecified atom stereocenters. The minimum absolute atomic E-state index is 0.0548. The number of likely N-dealkylation sites (tertiary alicyclic amines) is 1. The molecule has 0 atom stereocenters. The van der Waals surface area contributed by atoms with Gasteiger partial charge in [-0.25, -0.2) is 0 Å². The van der Waals surface area contributed by atoms with E-state index >= 15 is 0 Å². The molecule has 1 aromatic carbocycles. The first-order chi connectivity index (χ1) is 11.8. The summed E-state index contributed by atoms with van der Waals surface area (Å²) in [5, 5.41) is 5.98. The zero-order chi connectivity index (χ0) is 16.4. The van der Waals surface area contributed by atoms with Crippen LogP contribution in [-0.2, 0) is 6.54 Å². The van der Waals surface area contributed by atoms with Crippen molar-refractivity contribution in [3.05, 3.63) is 63.2 Å². The van der Waals surface area contributed by atoms with E-state index in [1.165, 1.54) is 5.56 Å². The lowest BCUT2D eigenvalue weighted by atomic mass is 10.1. The molecule has 1 aliphatic rings. The van der Waals surface area contributed by atoms with Crippen LogP contribution in [0.5, 0.6) is 5.75 Å². The molecule has 1 fully saturated rings. The highest BCUT2D eigenvalue weighted by molar-refractivity contribution is 7.07. The lowest BCUT2D eigenvalue weighted by Crippen LogP contribution is -2.37. The average Bonchev–Trinajstić information content (AvgIpc) is 3.10. The summed E-state index contributed by atoms with van der Waals surface area (Å²) in [6.07, 6.45) is 4.01. The lowest BCUT2D eigenvalue weighted by Gasteiger charge is -2.32. The molecule has 3 heterocycles. The van der Waals surface area contributed by atoms with E-state index in [1.807, 2.05) is 24.3 Å². The third-order valence-electron chi connectivity index (χ3n) is 4.57. The van der Waals surface area contributed by atoms with Crippen LogP contribution in [0.3, 0.4) is 0 Å². The van der Waals surface area contributed by atoms with Gasteiger partial charge < -0.3 is 9.72 Å². The Hall–Kier alpha value is -2.11. The maximum atomic E-state index is 11.7. The van der Waals surface area contributed by atoms with Crippen molar-refractivity contribution in [2.45, 2.75) is 25.5 Å². The number of aromatic nitrogens is 1. The number of H-pyrrole nitrogens is 1. The maximum Gasteiger partial charge on any atom is 0.255 e. The summed E-state index contributed by atoms with van der Waals surface area (Å²) in [5.74, 6) is 0.851. The second-order valence-electron chi connectivity index (χ2n) is 6.28. The van der Waals surface area contributed by atoms with Crippen LogP contribution in [0.15, 0.2) is 52.1 Å². The van der Waals surface area contributed by atoms with Crippen LogP contribution in [0.4, 0.5) is 0 Å². The number of hydrogen-bond acceptors (Lipinski definition) is 4. The number of nitrogens with zero attached hydrogens (tertiary/aromatic N) is 1. The van der Waals surface area contributed by atoms with Crippen molar-refractivity contribution in [1.29, 1.82) is 0 Å². The topological polar surface area (TPSA) is 45.3 Å². The van der Waals surface area contributed by atoms with Gasteiger partial charge in [0.1, 0.15) is 11.9 Å². The highest BCUT2D eigenvalue weighted by Gasteiger charge is 2.20. The van der Waals surface area contributed by atoms with Crippen LogP contribution in [0.1, 0.15) is 18.4 Å². The predicted molar refractivity (Wildman–Crippen MR) is 97.8 cm³/mol. The molecular weight excluding hydrogens is 320 g/mol. The summed E-state index contributed by atoms with van der Waals surface area (Å²) in [5.41, 5.74) is 1.35. The van der Waals surface area contributed by atoms with Gasteiger partial charge in [-0.15, -0.1) is 0 Å². The zero-order valence-electron chi connectivity index (χ0n) is 13.4. The normalized spacial score (nSPS) is 16.5. The Balaban J connectivity index is 1.37. The van der Waals surface area contributed by atoms with E-state index in [0.717, 1.165) is 43.6 Å². The SMILES string of the molecule is O=c1[nH]ccc2cc(OC3CCN(Cc4ccsc4)CC3)ccc12. The molecule has 5 heteroatoms. The number of benzene rings is 1. The van der Waals surface area contributed by atoms with Crippen LogP contribution in [0.2, 0.25) is 0 Å². The third-order valence-corrected chi connectivity index (χ3v) is 5.30. The molecule has 1 saturated heterocycles. The fourth-order valence-electron chi connectivity index (χ4n) is 3.26. The van der Waals surface area contributed by atoms with E-state index < -0.39 is 0 Å². The molecule has 3 aromatic rings. The standard InChI is InChI=1S/C19H20N2O2S/c22-19-18-2-1-17(11-15(18)3-7-20-19)23-16-4-8-21(9-5-16)12-14-6-10-24-13-14/h1-3,6-7,10-11,13,16H,4-5,8-9,12H2,(H,20,22). The van der Waals surface area contributed by atoms with Gasteiger partial charge in [0.05, 0.1) is 0 Å². The molecule has 1 aliphatic heterocycles. The van der Waals surface area contributed by atoms with Crippen LogP contribution in [0, 0.1) is 0 Å².